The van der Waals surface area contributed by atoms with Crippen molar-refractivity contribution in [2.45, 2.75) is 6.55 Å². The molecule has 0 N–H and O–H groups in total. The molecule has 2 aliphatic rings. The molecule has 0 radical (unpaired) electrons. The van der Waals surface area contributed by atoms with Gasteiger partial charge in [0.1, 0.15) is 0 Å². The van der Waals surface area contributed by atoms with E-state index in [1.54, 1.807) is 0 Å². The Morgan fingerprint density at radius 1 is 0.800 bits per heavy atom. The second-order valence-corrected chi connectivity index (χ2v) is 6.50. The van der Waals surface area contributed by atoms with E-state index < -0.39 is 8.33 Å². The fourth-order valence-corrected chi connectivity index (χ4v) is 3.97. The molecule has 2 fully saturated rings. The van der Waals surface area contributed by atoms with Gasteiger partial charge in [0.05, 0.1) is 0 Å². The predicted octanol–water partition coefficient (Wildman–Crippen LogP) is 0.0994. The van der Waals surface area contributed by atoms with Gasteiger partial charge in [-0.2, -0.15) is 0 Å². The first kappa shape index (κ1) is 6.75. The second-order valence-electron chi connectivity index (χ2n) is 2.71. The summed E-state index contributed by atoms with van der Waals surface area (Å²) in [5.74, 6) is 0. The Hall–Kier alpha value is 0.0569. The standard InChI is InChI=1S/C5H11O4Si/c1-10(6-2-3-7-10)8-4-5-9-10/h2-5H2,1H3/q-1. The van der Waals surface area contributed by atoms with E-state index in [0.29, 0.717) is 26.4 Å². The average molecular weight is 163 g/mol. The van der Waals surface area contributed by atoms with Crippen molar-refractivity contribution in [2.75, 3.05) is 26.4 Å². The molecule has 2 heterocycles. The Morgan fingerprint density at radius 3 is 1.40 bits per heavy atom. The van der Waals surface area contributed by atoms with Crippen LogP contribution in [-0.2, 0) is 17.7 Å². The maximum absolute atomic E-state index is 5.38. The fraction of sp³-hybridized carbons (Fsp3) is 1.00. The van der Waals surface area contributed by atoms with Crippen LogP contribution >= 0.6 is 0 Å². The molecule has 0 atom stereocenters. The zero-order chi connectivity index (χ0) is 7.10. The summed E-state index contributed by atoms with van der Waals surface area (Å²) in [6.45, 7) is 4.23. The molecule has 1 spiro atoms. The van der Waals surface area contributed by atoms with Crippen molar-refractivity contribution in [3.63, 3.8) is 0 Å². The molecule has 5 heteroatoms. The second kappa shape index (κ2) is 1.80. The topological polar surface area (TPSA) is 36.9 Å². The number of hydrogen-bond acceptors (Lipinski definition) is 4. The Kier molecular flexibility index (Phi) is 1.22. The molecule has 0 amide bonds. The Morgan fingerprint density at radius 2 is 1.10 bits per heavy atom. The summed E-state index contributed by atoms with van der Waals surface area (Å²) < 4.78 is 21.5. The van der Waals surface area contributed by atoms with Gasteiger partial charge in [-0.05, 0) is 0 Å². The first-order chi connectivity index (χ1) is 4.71. The SMILES string of the molecule is C[Si-]12(OCCO1)OCCO2. The average Bonchev–Trinajstić information content (AvgIpc) is 2.44. The van der Waals surface area contributed by atoms with Crippen molar-refractivity contribution < 1.29 is 17.7 Å². The van der Waals surface area contributed by atoms with Crippen LogP contribution in [0.2, 0.25) is 6.55 Å². The summed E-state index contributed by atoms with van der Waals surface area (Å²) >= 11 is 0. The van der Waals surface area contributed by atoms with Gasteiger partial charge in [-0.3, -0.25) is 0 Å². The van der Waals surface area contributed by atoms with Gasteiger partial charge in [0.25, 0.3) is 0 Å². The van der Waals surface area contributed by atoms with Crippen LogP contribution in [0.5, 0.6) is 0 Å². The van der Waals surface area contributed by atoms with Gasteiger partial charge in [-0.15, -0.1) is 0 Å². The van der Waals surface area contributed by atoms with Crippen molar-refractivity contribution in [3.8, 4) is 0 Å². The van der Waals surface area contributed by atoms with Crippen LogP contribution in [0.25, 0.3) is 0 Å². The van der Waals surface area contributed by atoms with Crippen LogP contribution in [0, 0.1) is 0 Å². The first-order valence-corrected chi connectivity index (χ1v) is 6.10. The summed E-state index contributed by atoms with van der Waals surface area (Å²) in [5.41, 5.74) is 0. The molecular formula is C5H11O4Si-. The van der Waals surface area contributed by atoms with Crippen LogP contribution in [0.15, 0.2) is 0 Å². The summed E-state index contributed by atoms with van der Waals surface area (Å²) in [5, 5.41) is 0. The van der Waals surface area contributed by atoms with Crippen LogP contribution in [-0.4, -0.2) is 34.8 Å². The molecule has 2 rings (SSSR count). The summed E-state index contributed by atoms with van der Waals surface area (Å²) in [4.78, 5) is 0. The summed E-state index contributed by atoms with van der Waals surface area (Å²) in [7, 11) is -3.17. The molecular weight excluding hydrogens is 152 g/mol. The normalized spacial score (nSPS) is 39.5. The Bertz CT molecular complexity index is 124. The zero-order valence-electron chi connectivity index (χ0n) is 5.96. The van der Waals surface area contributed by atoms with Crippen molar-refractivity contribution in [2.24, 2.45) is 0 Å². The predicted molar refractivity (Wildman–Crippen MR) is 35.4 cm³/mol. The molecule has 10 heavy (non-hydrogen) atoms. The third-order valence-electron chi connectivity index (χ3n) is 1.86. The van der Waals surface area contributed by atoms with Crippen molar-refractivity contribution in [1.29, 1.82) is 0 Å². The molecule has 4 nitrogen and oxygen atoms in total. The molecule has 0 aromatic heterocycles. The van der Waals surface area contributed by atoms with Gasteiger partial charge in [-0.25, -0.2) is 0 Å². The Balaban J connectivity index is 2.22. The zero-order valence-corrected chi connectivity index (χ0v) is 6.96. The van der Waals surface area contributed by atoms with Crippen LogP contribution in [0.3, 0.4) is 0 Å². The summed E-state index contributed by atoms with van der Waals surface area (Å²) in [6, 6.07) is 0. The maximum atomic E-state index is 5.38. The third kappa shape index (κ3) is 0.825. The first-order valence-electron chi connectivity index (χ1n) is 3.47. The van der Waals surface area contributed by atoms with Gasteiger partial charge in [0.2, 0.25) is 0 Å². The summed E-state index contributed by atoms with van der Waals surface area (Å²) in [6.07, 6.45) is 0. The van der Waals surface area contributed by atoms with Crippen LogP contribution in [0.4, 0.5) is 0 Å². The van der Waals surface area contributed by atoms with E-state index in [1.165, 1.54) is 0 Å². The molecule has 2 saturated heterocycles. The molecule has 0 bridgehead atoms. The van der Waals surface area contributed by atoms with Crippen LogP contribution < -0.4 is 0 Å². The molecule has 0 aromatic rings. The molecule has 60 valence electrons. The van der Waals surface area contributed by atoms with Gasteiger partial charge in [0.15, 0.2) is 0 Å². The van der Waals surface area contributed by atoms with Gasteiger partial charge in [0, 0.05) is 0 Å². The van der Waals surface area contributed by atoms with Crippen molar-refractivity contribution in [3.05, 3.63) is 0 Å². The monoisotopic (exact) mass is 163 g/mol. The van der Waals surface area contributed by atoms with E-state index in [9.17, 15) is 0 Å². The molecule has 0 aliphatic carbocycles. The number of hydrogen-bond donors (Lipinski definition) is 0. The molecule has 2 aliphatic heterocycles. The number of rotatable bonds is 0. The fourth-order valence-electron chi connectivity index (χ4n) is 1.32. The third-order valence-corrected chi connectivity index (χ3v) is 5.24. The molecule has 0 aromatic carbocycles. The molecule has 0 saturated carbocycles. The minimum absolute atomic E-state index is 0.601. The van der Waals surface area contributed by atoms with Gasteiger partial charge >= 0.3 is 59.0 Å². The van der Waals surface area contributed by atoms with Gasteiger partial charge < -0.3 is 0 Å². The Labute approximate surface area is 59.9 Å². The van der Waals surface area contributed by atoms with Gasteiger partial charge in [-0.1, -0.05) is 0 Å². The quantitative estimate of drug-likeness (QED) is 0.475. The molecule has 0 unspecified atom stereocenters. The van der Waals surface area contributed by atoms with E-state index in [0.717, 1.165) is 0 Å². The van der Waals surface area contributed by atoms with E-state index in [1.807, 2.05) is 6.55 Å². The van der Waals surface area contributed by atoms with Crippen LogP contribution in [0.1, 0.15) is 0 Å². The van der Waals surface area contributed by atoms with Crippen molar-refractivity contribution in [1.82, 2.24) is 0 Å². The van der Waals surface area contributed by atoms with Crippen molar-refractivity contribution >= 4 is 8.33 Å². The van der Waals surface area contributed by atoms with E-state index in [-0.39, 0.29) is 0 Å². The van der Waals surface area contributed by atoms with E-state index in [2.05, 4.69) is 0 Å². The minimum atomic E-state index is -3.17. The van der Waals surface area contributed by atoms with E-state index >= 15 is 0 Å². The van der Waals surface area contributed by atoms with E-state index in [4.69, 9.17) is 17.7 Å².